The van der Waals surface area contributed by atoms with Crippen LogP contribution in [0.5, 0.6) is 0 Å². The van der Waals surface area contributed by atoms with Gasteiger partial charge in [0, 0.05) is 26.5 Å². The van der Waals surface area contributed by atoms with Gasteiger partial charge in [0.05, 0.1) is 0 Å². The fourth-order valence-electron chi connectivity index (χ4n) is 0.872. The number of amides is 1. The average molecular weight is 187 g/mol. The highest BCUT2D eigenvalue weighted by atomic mass is 16.5. The lowest BCUT2D eigenvalue weighted by Gasteiger charge is -2.02. The molecule has 4 heteroatoms. The first-order chi connectivity index (χ1) is 6.20. The summed E-state index contributed by atoms with van der Waals surface area (Å²) in [6, 6.07) is 0. The molecule has 0 atom stereocenters. The summed E-state index contributed by atoms with van der Waals surface area (Å²) >= 11 is 0. The molecule has 1 amide bonds. The fourth-order valence-corrected chi connectivity index (χ4v) is 0.872. The van der Waals surface area contributed by atoms with Crippen molar-refractivity contribution in [1.82, 2.24) is 5.32 Å². The maximum absolute atomic E-state index is 10.8. The van der Waals surface area contributed by atoms with E-state index >= 15 is 0 Å². The first-order valence-corrected chi connectivity index (χ1v) is 4.48. The molecule has 76 valence electrons. The zero-order chi connectivity index (χ0) is 10.1. The number of carbonyl (C=O) groups excluding carboxylic acids is 2. The summed E-state index contributed by atoms with van der Waals surface area (Å²) in [6.45, 7) is 2.47. The quantitative estimate of drug-likeness (QED) is 0.591. The predicted octanol–water partition coefficient (Wildman–Crippen LogP) is 0.508. The average Bonchev–Trinajstić information content (AvgIpc) is 2.12. The fraction of sp³-hybridized carbons (Fsp3) is 0.778. The second-order valence-corrected chi connectivity index (χ2v) is 2.78. The third kappa shape index (κ3) is 7.46. The standard InChI is InChI=1S/C9H17NO3/c1-3-8(11)5-4-6-10-9(12)7-13-2/h3-7H2,1-2H3,(H,10,12). The van der Waals surface area contributed by atoms with Gasteiger partial charge in [0.1, 0.15) is 12.4 Å². The molecule has 0 aliphatic heterocycles. The Morgan fingerprint density at radius 2 is 2.08 bits per heavy atom. The van der Waals surface area contributed by atoms with Crippen LogP contribution < -0.4 is 5.32 Å². The molecule has 0 rings (SSSR count). The van der Waals surface area contributed by atoms with Crippen LogP contribution in [0.25, 0.3) is 0 Å². The minimum Gasteiger partial charge on any atom is -0.375 e. The number of hydrogen-bond donors (Lipinski definition) is 1. The van der Waals surface area contributed by atoms with Crippen LogP contribution in [0.4, 0.5) is 0 Å². The SMILES string of the molecule is CCC(=O)CCCNC(=O)COC. The molecule has 0 aromatic rings. The van der Waals surface area contributed by atoms with Gasteiger partial charge in [-0.15, -0.1) is 0 Å². The van der Waals surface area contributed by atoms with E-state index in [9.17, 15) is 9.59 Å². The van der Waals surface area contributed by atoms with E-state index in [-0.39, 0.29) is 18.3 Å². The smallest absolute Gasteiger partial charge is 0.245 e. The Kier molecular flexibility index (Phi) is 7.20. The van der Waals surface area contributed by atoms with Crippen LogP contribution in [-0.4, -0.2) is 32.0 Å². The van der Waals surface area contributed by atoms with E-state index in [4.69, 9.17) is 0 Å². The summed E-state index contributed by atoms with van der Waals surface area (Å²) in [5.74, 6) is 0.104. The van der Waals surface area contributed by atoms with Gasteiger partial charge >= 0.3 is 0 Å². The van der Waals surface area contributed by atoms with Crippen LogP contribution in [0, 0.1) is 0 Å². The molecule has 0 aliphatic rings. The molecular weight excluding hydrogens is 170 g/mol. The zero-order valence-electron chi connectivity index (χ0n) is 8.26. The maximum Gasteiger partial charge on any atom is 0.245 e. The minimum atomic E-state index is -0.133. The molecule has 0 aromatic carbocycles. The van der Waals surface area contributed by atoms with Crippen molar-refractivity contribution in [3.05, 3.63) is 0 Å². The number of carbonyl (C=O) groups is 2. The van der Waals surface area contributed by atoms with Crippen LogP contribution in [0.15, 0.2) is 0 Å². The van der Waals surface area contributed by atoms with Gasteiger partial charge in [0.15, 0.2) is 0 Å². The van der Waals surface area contributed by atoms with Gasteiger partial charge in [0.25, 0.3) is 0 Å². The van der Waals surface area contributed by atoms with E-state index in [0.29, 0.717) is 25.8 Å². The third-order valence-electron chi connectivity index (χ3n) is 1.62. The van der Waals surface area contributed by atoms with E-state index in [1.807, 2.05) is 6.92 Å². The highest BCUT2D eigenvalue weighted by molar-refractivity contribution is 5.78. The van der Waals surface area contributed by atoms with E-state index in [0.717, 1.165) is 0 Å². The van der Waals surface area contributed by atoms with E-state index < -0.39 is 0 Å². The van der Waals surface area contributed by atoms with Crippen molar-refractivity contribution < 1.29 is 14.3 Å². The molecule has 0 radical (unpaired) electrons. The van der Waals surface area contributed by atoms with E-state index in [1.165, 1.54) is 7.11 Å². The summed E-state index contributed by atoms with van der Waals surface area (Å²) in [5.41, 5.74) is 0. The number of ketones is 1. The molecule has 1 N–H and O–H groups in total. The molecule has 0 aromatic heterocycles. The number of nitrogens with one attached hydrogen (secondary N) is 1. The van der Waals surface area contributed by atoms with Gasteiger partial charge in [-0.25, -0.2) is 0 Å². The second-order valence-electron chi connectivity index (χ2n) is 2.78. The number of rotatable bonds is 7. The van der Waals surface area contributed by atoms with Crippen LogP contribution >= 0.6 is 0 Å². The monoisotopic (exact) mass is 187 g/mol. The molecule has 4 nitrogen and oxygen atoms in total. The van der Waals surface area contributed by atoms with Crippen molar-refractivity contribution >= 4 is 11.7 Å². The Hall–Kier alpha value is -0.900. The normalized spacial score (nSPS) is 9.69. The summed E-state index contributed by atoms with van der Waals surface area (Å²) in [6.07, 6.45) is 1.83. The van der Waals surface area contributed by atoms with Gasteiger partial charge < -0.3 is 10.1 Å². The molecule has 0 saturated heterocycles. The van der Waals surface area contributed by atoms with Gasteiger partial charge in [-0.1, -0.05) is 6.92 Å². The molecule has 0 unspecified atom stereocenters. The third-order valence-corrected chi connectivity index (χ3v) is 1.62. The predicted molar refractivity (Wildman–Crippen MR) is 49.4 cm³/mol. The molecule has 0 spiro atoms. The van der Waals surface area contributed by atoms with Crippen molar-refractivity contribution in [3.63, 3.8) is 0 Å². The van der Waals surface area contributed by atoms with Crippen molar-refractivity contribution in [2.24, 2.45) is 0 Å². The van der Waals surface area contributed by atoms with Gasteiger partial charge in [-0.05, 0) is 6.42 Å². The summed E-state index contributed by atoms with van der Waals surface area (Å²) in [7, 11) is 1.47. The summed E-state index contributed by atoms with van der Waals surface area (Å²) in [4.78, 5) is 21.7. The van der Waals surface area contributed by atoms with Crippen molar-refractivity contribution in [2.75, 3.05) is 20.3 Å². The zero-order valence-corrected chi connectivity index (χ0v) is 8.26. The van der Waals surface area contributed by atoms with Crippen LogP contribution in [0.3, 0.4) is 0 Å². The number of methoxy groups -OCH3 is 1. The van der Waals surface area contributed by atoms with Gasteiger partial charge in [0.2, 0.25) is 5.91 Å². The molecule has 0 bridgehead atoms. The molecule has 13 heavy (non-hydrogen) atoms. The Balaban J connectivity index is 3.25. The maximum atomic E-state index is 10.8. The lowest BCUT2D eigenvalue weighted by molar-refractivity contribution is -0.125. The van der Waals surface area contributed by atoms with Crippen molar-refractivity contribution in [3.8, 4) is 0 Å². The molecule has 0 heterocycles. The second kappa shape index (κ2) is 7.73. The topological polar surface area (TPSA) is 55.4 Å². The first kappa shape index (κ1) is 12.1. The Labute approximate surface area is 78.6 Å². The van der Waals surface area contributed by atoms with Crippen LogP contribution in [0.1, 0.15) is 26.2 Å². The van der Waals surface area contributed by atoms with Crippen LogP contribution in [0.2, 0.25) is 0 Å². The molecule has 0 fully saturated rings. The number of Topliss-reactive ketones (excluding diaryl/α,β-unsaturated/α-hetero) is 1. The Morgan fingerprint density at radius 3 is 2.62 bits per heavy atom. The van der Waals surface area contributed by atoms with Crippen molar-refractivity contribution in [2.45, 2.75) is 26.2 Å². The largest absolute Gasteiger partial charge is 0.375 e. The van der Waals surface area contributed by atoms with E-state index in [1.54, 1.807) is 0 Å². The van der Waals surface area contributed by atoms with Crippen molar-refractivity contribution in [1.29, 1.82) is 0 Å². The van der Waals surface area contributed by atoms with Gasteiger partial charge in [-0.3, -0.25) is 9.59 Å². The summed E-state index contributed by atoms with van der Waals surface area (Å²) < 4.78 is 4.62. The Morgan fingerprint density at radius 1 is 1.38 bits per heavy atom. The number of ether oxygens (including phenoxy) is 1. The first-order valence-electron chi connectivity index (χ1n) is 4.48. The molecule has 0 saturated carbocycles. The lowest BCUT2D eigenvalue weighted by Crippen LogP contribution is -2.28. The molecular formula is C9H17NO3. The highest BCUT2D eigenvalue weighted by Gasteiger charge is 2.00. The number of hydrogen-bond acceptors (Lipinski definition) is 3. The minimum absolute atomic E-state index is 0.0850. The van der Waals surface area contributed by atoms with Gasteiger partial charge in [-0.2, -0.15) is 0 Å². The van der Waals surface area contributed by atoms with Crippen LogP contribution in [-0.2, 0) is 14.3 Å². The molecule has 0 aliphatic carbocycles. The van der Waals surface area contributed by atoms with E-state index in [2.05, 4.69) is 10.1 Å². The Bertz CT molecular complexity index is 168. The highest BCUT2D eigenvalue weighted by Crippen LogP contribution is 1.92. The summed E-state index contributed by atoms with van der Waals surface area (Å²) in [5, 5.41) is 2.65. The lowest BCUT2D eigenvalue weighted by atomic mass is 10.2.